The Kier molecular flexibility index (Phi) is 2.77. The summed E-state index contributed by atoms with van der Waals surface area (Å²) in [6.07, 6.45) is 3.19. The second-order valence-corrected chi connectivity index (χ2v) is 5.19. The van der Waals surface area contributed by atoms with Gasteiger partial charge < -0.3 is 10.2 Å². The highest BCUT2D eigenvalue weighted by Gasteiger charge is 2.40. The summed E-state index contributed by atoms with van der Waals surface area (Å²) in [5, 5.41) is 19.7. The van der Waals surface area contributed by atoms with Crippen molar-refractivity contribution in [2.45, 2.75) is 38.2 Å². The van der Waals surface area contributed by atoms with Gasteiger partial charge in [0, 0.05) is 6.42 Å². The smallest absolute Gasteiger partial charge is 0.133 e. The lowest BCUT2D eigenvalue weighted by atomic mass is 10.0. The van der Waals surface area contributed by atoms with Crippen LogP contribution in [0.1, 0.15) is 30.9 Å². The fourth-order valence-electron chi connectivity index (χ4n) is 1.73. The molecule has 15 heavy (non-hydrogen) atoms. The van der Waals surface area contributed by atoms with Crippen LogP contribution in [0.15, 0.2) is 16.6 Å². The fourth-order valence-corrected chi connectivity index (χ4v) is 2.28. The van der Waals surface area contributed by atoms with E-state index in [1.54, 1.807) is 0 Å². The molecule has 82 valence electrons. The monoisotopic (exact) mass is 270 g/mol. The summed E-state index contributed by atoms with van der Waals surface area (Å²) >= 11 is 3.33. The Morgan fingerprint density at radius 1 is 1.40 bits per heavy atom. The van der Waals surface area contributed by atoms with Gasteiger partial charge in [-0.3, -0.25) is 0 Å². The van der Waals surface area contributed by atoms with E-state index in [-0.39, 0.29) is 5.75 Å². The maximum Gasteiger partial charge on any atom is 0.133 e. The largest absolute Gasteiger partial charge is 0.506 e. The van der Waals surface area contributed by atoms with Gasteiger partial charge >= 0.3 is 0 Å². The van der Waals surface area contributed by atoms with Crippen molar-refractivity contribution >= 4 is 15.9 Å². The number of halogens is 1. The number of hydrogen-bond donors (Lipinski definition) is 2. The predicted molar refractivity (Wildman–Crippen MR) is 63.1 cm³/mol. The summed E-state index contributed by atoms with van der Waals surface area (Å²) in [4.78, 5) is 0. The van der Waals surface area contributed by atoms with Crippen molar-refractivity contribution in [3.05, 3.63) is 27.7 Å². The van der Waals surface area contributed by atoms with Crippen molar-refractivity contribution in [3.63, 3.8) is 0 Å². The Morgan fingerprint density at radius 3 is 2.60 bits per heavy atom. The average molecular weight is 271 g/mol. The van der Waals surface area contributed by atoms with Crippen molar-refractivity contribution < 1.29 is 10.2 Å². The molecule has 0 radical (unpaired) electrons. The number of aliphatic hydroxyl groups is 1. The van der Waals surface area contributed by atoms with E-state index >= 15 is 0 Å². The molecular formula is C12H15BrO2. The minimum atomic E-state index is -0.552. The molecule has 0 heterocycles. The molecule has 2 N–H and O–H groups in total. The Hall–Kier alpha value is -0.540. The molecule has 1 fully saturated rings. The summed E-state index contributed by atoms with van der Waals surface area (Å²) in [6.45, 7) is 2.08. The van der Waals surface area contributed by atoms with Crippen molar-refractivity contribution in [3.8, 4) is 5.75 Å². The van der Waals surface area contributed by atoms with Gasteiger partial charge in [0.15, 0.2) is 0 Å². The Balaban J connectivity index is 2.31. The Labute approximate surface area is 98.1 Å². The van der Waals surface area contributed by atoms with Crippen molar-refractivity contribution in [2.75, 3.05) is 0 Å². The zero-order valence-corrected chi connectivity index (χ0v) is 10.3. The summed E-state index contributed by atoms with van der Waals surface area (Å²) in [5.41, 5.74) is 1.48. The molecule has 0 aromatic heterocycles. The standard InChI is InChI=1S/C12H15BrO2/c1-2-8-5-9(7-12(15)3-4-12)11(14)10(13)6-8/h5-6,14-15H,2-4,7H2,1H3. The first-order valence-corrected chi connectivity index (χ1v) is 6.06. The highest BCUT2D eigenvalue weighted by Crippen LogP contribution is 2.41. The van der Waals surface area contributed by atoms with Gasteiger partial charge in [-0.2, -0.15) is 0 Å². The normalized spacial score (nSPS) is 17.8. The first kappa shape index (κ1) is 11.0. The second kappa shape index (κ2) is 3.80. The maximum absolute atomic E-state index is 9.85. The lowest BCUT2D eigenvalue weighted by Crippen LogP contribution is -2.11. The number of benzene rings is 1. The summed E-state index contributed by atoms with van der Waals surface area (Å²) in [5.74, 6) is 0.271. The quantitative estimate of drug-likeness (QED) is 0.887. The molecular weight excluding hydrogens is 256 g/mol. The van der Waals surface area contributed by atoms with Crippen LogP contribution in [0, 0.1) is 0 Å². The molecule has 0 bridgehead atoms. The molecule has 2 rings (SSSR count). The van der Waals surface area contributed by atoms with Crippen molar-refractivity contribution in [1.82, 2.24) is 0 Å². The molecule has 2 nitrogen and oxygen atoms in total. The van der Waals surface area contributed by atoms with E-state index in [0.717, 1.165) is 29.3 Å². The topological polar surface area (TPSA) is 40.5 Å². The first-order valence-electron chi connectivity index (χ1n) is 5.27. The molecule has 0 aliphatic heterocycles. The van der Waals surface area contributed by atoms with Crippen molar-refractivity contribution in [1.29, 1.82) is 0 Å². The van der Waals surface area contributed by atoms with E-state index in [1.165, 1.54) is 5.56 Å². The highest BCUT2D eigenvalue weighted by molar-refractivity contribution is 9.10. The second-order valence-electron chi connectivity index (χ2n) is 4.34. The number of phenols is 1. The molecule has 0 unspecified atom stereocenters. The minimum Gasteiger partial charge on any atom is -0.506 e. The Bertz CT molecular complexity index is 383. The van der Waals surface area contributed by atoms with E-state index in [1.807, 2.05) is 12.1 Å². The fraction of sp³-hybridized carbons (Fsp3) is 0.500. The van der Waals surface area contributed by atoms with Crippen LogP contribution >= 0.6 is 15.9 Å². The first-order chi connectivity index (χ1) is 7.04. The Morgan fingerprint density at radius 2 is 2.07 bits per heavy atom. The van der Waals surface area contributed by atoms with Crippen LogP contribution in [0.4, 0.5) is 0 Å². The molecule has 1 aromatic rings. The molecule has 1 aliphatic rings. The van der Waals surface area contributed by atoms with Crippen LogP contribution in [-0.4, -0.2) is 15.8 Å². The van der Waals surface area contributed by atoms with E-state index in [4.69, 9.17) is 0 Å². The molecule has 1 saturated carbocycles. The van der Waals surface area contributed by atoms with Crippen LogP contribution in [-0.2, 0) is 12.8 Å². The third-order valence-corrected chi connectivity index (χ3v) is 3.56. The molecule has 0 spiro atoms. The molecule has 0 amide bonds. The van der Waals surface area contributed by atoms with Gasteiger partial charge in [0.2, 0.25) is 0 Å². The zero-order chi connectivity index (χ0) is 11.1. The van der Waals surface area contributed by atoms with Crippen LogP contribution in [0.2, 0.25) is 0 Å². The molecule has 1 aliphatic carbocycles. The molecule has 0 saturated heterocycles. The summed E-state index contributed by atoms with van der Waals surface area (Å²) in [7, 11) is 0. The summed E-state index contributed by atoms with van der Waals surface area (Å²) < 4.78 is 0.723. The zero-order valence-electron chi connectivity index (χ0n) is 8.76. The van der Waals surface area contributed by atoms with Crippen LogP contribution in [0.25, 0.3) is 0 Å². The van der Waals surface area contributed by atoms with Gasteiger partial charge in [0.25, 0.3) is 0 Å². The average Bonchev–Trinajstić information content (AvgIpc) is 2.91. The lowest BCUT2D eigenvalue weighted by molar-refractivity contribution is 0.150. The number of aromatic hydroxyl groups is 1. The minimum absolute atomic E-state index is 0.271. The van der Waals surface area contributed by atoms with E-state index < -0.39 is 5.60 Å². The van der Waals surface area contributed by atoms with Crippen LogP contribution in [0.3, 0.4) is 0 Å². The lowest BCUT2D eigenvalue weighted by Gasteiger charge is -2.12. The van der Waals surface area contributed by atoms with Gasteiger partial charge in [0.1, 0.15) is 5.75 Å². The van der Waals surface area contributed by atoms with Gasteiger partial charge in [-0.1, -0.05) is 13.0 Å². The van der Waals surface area contributed by atoms with E-state index in [0.29, 0.717) is 6.42 Å². The van der Waals surface area contributed by atoms with Gasteiger partial charge in [-0.25, -0.2) is 0 Å². The van der Waals surface area contributed by atoms with Crippen molar-refractivity contribution in [2.24, 2.45) is 0 Å². The van der Waals surface area contributed by atoms with Gasteiger partial charge in [-0.15, -0.1) is 0 Å². The molecule has 0 atom stereocenters. The molecule has 3 heteroatoms. The van der Waals surface area contributed by atoms with Gasteiger partial charge in [0.05, 0.1) is 10.1 Å². The number of phenolic OH excluding ortho intramolecular Hbond substituents is 1. The number of hydrogen-bond acceptors (Lipinski definition) is 2. The molecule has 1 aromatic carbocycles. The van der Waals surface area contributed by atoms with E-state index in [9.17, 15) is 10.2 Å². The van der Waals surface area contributed by atoms with Crippen LogP contribution in [0.5, 0.6) is 5.75 Å². The van der Waals surface area contributed by atoms with Crippen LogP contribution < -0.4 is 0 Å². The number of aryl methyl sites for hydroxylation is 1. The highest BCUT2D eigenvalue weighted by atomic mass is 79.9. The third-order valence-electron chi connectivity index (χ3n) is 2.96. The third kappa shape index (κ3) is 2.34. The number of rotatable bonds is 3. The predicted octanol–water partition coefficient (Wildman–Crippen LogP) is 2.78. The maximum atomic E-state index is 9.85. The van der Waals surface area contributed by atoms with E-state index in [2.05, 4.69) is 22.9 Å². The summed E-state index contributed by atoms with van der Waals surface area (Å²) in [6, 6.07) is 3.91. The van der Waals surface area contributed by atoms with Gasteiger partial charge in [-0.05, 0) is 52.4 Å². The SMILES string of the molecule is CCc1cc(Br)c(O)c(CC2(O)CC2)c1.